The van der Waals surface area contributed by atoms with E-state index in [0.717, 1.165) is 52.9 Å². The summed E-state index contributed by atoms with van der Waals surface area (Å²) >= 11 is 0. The van der Waals surface area contributed by atoms with Crippen LogP contribution >= 0.6 is 0 Å². The summed E-state index contributed by atoms with van der Waals surface area (Å²) in [6, 6.07) is 0. The molecule has 0 atom stereocenters. The third-order valence-corrected chi connectivity index (χ3v) is 3.47. The highest BCUT2D eigenvalue weighted by atomic mass is 16.5. The molecular formula is C15H22O3. The van der Waals surface area contributed by atoms with Gasteiger partial charge in [-0.25, -0.2) is 0 Å². The van der Waals surface area contributed by atoms with Crippen molar-refractivity contribution in [1.82, 2.24) is 0 Å². The molecule has 0 unspecified atom stereocenters. The van der Waals surface area contributed by atoms with Gasteiger partial charge in [0.2, 0.25) is 0 Å². The fraction of sp³-hybridized carbons (Fsp3) is 0.533. The van der Waals surface area contributed by atoms with Crippen LogP contribution < -0.4 is 9.47 Å². The van der Waals surface area contributed by atoms with E-state index in [1.807, 2.05) is 20.8 Å². The topological polar surface area (TPSA) is 35.5 Å². The maximum atomic E-state index is 10.4. The van der Waals surface area contributed by atoms with Gasteiger partial charge in [-0.05, 0) is 50.3 Å². The molecule has 0 heterocycles. The Morgan fingerprint density at radius 3 is 2.00 bits per heavy atom. The number of hydrogen-bond donors (Lipinski definition) is 0. The van der Waals surface area contributed by atoms with Crippen LogP contribution in [-0.4, -0.2) is 20.5 Å². The largest absolute Gasteiger partial charge is 0.496 e. The number of benzene rings is 1. The molecule has 0 N–H and O–H groups in total. The lowest BCUT2D eigenvalue weighted by atomic mass is 9.94. The van der Waals surface area contributed by atoms with E-state index in [1.165, 1.54) is 0 Å². The summed E-state index contributed by atoms with van der Waals surface area (Å²) in [6.45, 7) is 6.13. The van der Waals surface area contributed by atoms with Crippen LogP contribution in [0.1, 0.15) is 35.1 Å². The minimum Gasteiger partial charge on any atom is -0.496 e. The molecule has 0 fully saturated rings. The zero-order valence-corrected chi connectivity index (χ0v) is 11.9. The Labute approximate surface area is 109 Å². The molecule has 0 aromatic heterocycles. The van der Waals surface area contributed by atoms with Gasteiger partial charge in [0.05, 0.1) is 14.2 Å². The van der Waals surface area contributed by atoms with Crippen molar-refractivity contribution in [3.05, 3.63) is 22.3 Å². The van der Waals surface area contributed by atoms with Gasteiger partial charge in [-0.3, -0.25) is 0 Å². The number of unbranched alkanes of at least 4 members (excludes halogenated alkanes) is 1. The first-order valence-electron chi connectivity index (χ1n) is 6.22. The first-order valence-corrected chi connectivity index (χ1v) is 6.22. The zero-order chi connectivity index (χ0) is 13.7. The Hall–Kier alpha value is -1.51. The number of rotatable bonds is 6. The van der Waals surface area contributed by atoms with E-state index in [0.29, 0.717) is 6.42 Å². The molecule has 1 aromatic carbocycles. The van der Waals surface area contributed by atoms with Crippen molar-refractivity contribution in [2.75, 3.05) is 14.2 Å². The molecule has 3 nitrogen and oxygen atoms in total. The maximum absolute atomic E-state index is 10.4. The van der Waals surface area contributed by atoms with Crippen LogP contribution in [0.3, 0.4) is 0 Å². The Balaban J connectivity index is 3.28. The van der Waals surface area contributed by atoms with E-state index in [9.17, 15) is 4.79 Å². The monoisotopic (exact) mass is 250 g/mol. The molecule has 3 heteroatoms. The second-order valence-electron chi connectivity index (χ2n) is 4.48. The highest BCUT2D eigenvalue weighted by Crippen LogP contribution is 2.38. The minimum atomic E-state index is 0.581. The first kappa shape index (κ1) is 14.6. The molecule has 0 amide bonds. The summed E-state index contributed by atoms with van der Waals surface area (Å²) in [7, 11) is 3.38. The fourth-order valence-electron chi connectivity index (χ4n) is 2.40. The van der Waals surface area contributed by atoms with Gasteiger partial charge in [-0.1, -0.05) is 0 Å². The predicted molar refractivity (Wildman–Crippen MR) is 72.8 cm³/mol. The third kappa shape index (κ3) is 2.66. The van der Waals surface area contributed by atoms with E-state index in [-0.39, 0.29) is 0 Å². The lowest BCUT2D eigenvalue weighted by molar-refractivity contribution is -0.107. The molecule has 0 spiro atoms. The summed E-state index contributed by atoms with van der Waals surface area (Å²) in [4.78, 5) is 10.4. The predicted octanol–water partition coefficient (Wildman–Crippen LogP) is 3.15. The Bertz CT molecular complexity index is 436. The van der Waals surface area contributed by atoms with Gasteiger partial charge in [0.15, 0.2) is 0 Å². The molecule has 0 radical (unpaired) electrons. The van der Waals surface area contributed by atoms with Crippen LogP contribution in [0, 0.1) is 20.8 Å². The van der Waals surface area contributed by atoms with Gasteiger partial charge in [-0.2, -0.15) is 0 Å². The zero-order valence-electron chi connectivity index (χ0n) is 11.9. The highest BCUT2D eigenvalue weighted by molar-refractivity contribution is 5.58. The number of hydrogen-bond acceptors (Lipinski definition) is 3. The van der Waals surface area contributed by atoms with E-state index in [1.54, 1.807) is 14.2 Å². The van der Waals surface area contributed by atoms with E-state index >= 15 is 0 Å². The van der Waals surface area contributed by atoms with Gasteiger partial charge < -0.3 is 14.3 Å². The average Bonchev–Trinajstić information content (AvgIpc) is 2.36. The minimum absolute atomic E-state index is 0.581. The first-order chi connectivity index (χ1) is 8.58. The normalized spacial score (nSPS) is 10.3. The molecule has 0 aliphatic heterocycles. The second-order valence-corrected chi connectivity index (χ2v) is 4.48. The molecule has 1 rings (SSSR count). The SMILES string of the molecule is COc1c(C)c(C)c(OC)c(CCCC=O)c1C. The molecule has 0 saturated heterocycles. The quantitative estimate of drug-likeness (QED) is 0.574. The molecule has 100 valence electrons. The van der Waals surface area contributed by atoms with Crippen LogP contribution in [0.15, 0.2) is 0 Å². The van der Waals surface area contributed by atoms with E-state index in [4.69, 9.17) is 9.47 Å². The van der Waals surface area contributed by atoms with Crippen LogP contribution in [-0.2, 0) is 11.2 Å². The number of methoxy groups -OCH3 is 2. The van der Waals surface area contributed by atoms with Gasteiger partial charge in [0.25, 0.3) is 0 Å². The lowest BCUT2D eigenvalue weighted by Gasteiger charge is -2.20. The van der Waals surface area contributed by atoms with Crippen molar-refractivity contribution in [1.29, 1.82) is 0 Å². The number of aldehydes is 1. The average molecular weight is 250 g/mol. The van der Waals surface area contributed by atoms with Crippen LogP contribution in [0.2, 0.25) is 0 Å². The fourth-order valence-corrected chi connectivity index (χ4v) is 2.40. The van der Waals surface area contributed by atoms with Crippen molar-refractivity contribution in [3.63, 3.8) is 0 Å². The summed E-state index contributed by atoms with van der Waals surface area (Å²) in [5.41, 5.74) is 4.50. The van der Waals surface area contributed by atoms with Crippen LogP contribution in [0.4, 0.5) is 0 Å². The highest BCUT2D eigenvalue weighted by Gasteiger charge is 2.17. The van der Waals surface area contributed by atoms with Crippen molar-refractivity contribution in [2.45, 2.75) is 40.0 Å². The summed E-state index contributed by atoms with van der Waals surface area (Å²) < 4.78 is 11.0. The van der Waals surface area contributed by atoms with Gasteiger partial charge in [0, 0.05) is 12.0 Å². The van der Waals surface area contributed by atoms with E-state index < -0.39 is 0 Å². The molecule has 0 saturated carbocycles. The molecule has 1 aromatic rings. The number of carbonyl (C=O) groups is 1. The van der Waals surface area contributed by atoms with E-state index in [2.05, 4.69) is 0 Å². The van der Waals surface area contributed by atoms with Gasteiger partial charge in [0.1, 0.15) is 17.8 Å². The van der Waals surface area contributed by atoms with Gasteiger partial charge >= 0.3 is 0 Å². The van der Waals surface area contributed by atoms with Gasteiger partial charge in [-0.15, -0.1) is 0 Å². The van der Waals surface area contributed by atoms with Crippen LogP contribution in [0.5, 0.6) is 11.5 Å². The molecule has 0 aliphatic rings. The van der Waals surface area contributed by atoms with Crippen LogP contribution in [0.25, 0.3) is 0 Å². The third-order valence-electron chi connectivity index (χ3n) is 3.47. The Morgan fingerprint density at radius 2 is 1.50 bits per heavy atom. The summed E-state index contributed by atoms with van der Waals surface area (Å²) in [5.74, 6) is 1.85. The molecule has 18 heavy (non-hydrogen) atoms. The summed E-state index contributed by atoms with van der Waals surface area (Å²) in [5, 5.41) is 0. The maximum Gasteiger partial charge on any atom is 0.125 e. The number of carbonyl (C=O) groups excluding carboxylic acids is 1. The lowest BCUT2D eigenvalue weighted by Crippen LogP contribution is -2.04. The molecule has 0 aliphatic carbocycles. The summed E-state index contributed by atoms with van der Waals surface area (Å²) in [6.07, 6.45) is 3.22. The van der Waals surface area contributed by atoms with Crippen molar-refractivity contribution in [2.24, 2.45) is 0 Å². The van der Waals surface area contributed by atoms with Crippen molar-refractivity contribution < 1.29 is 14.3 Å². The standard InChI is InChI=1S/C15H22O3/c1-10-11(2)15(18-5)13(8-6-7-9-16)12(3)14(10)17-4/h9H,6-8H2,1-5H3. The second kappa shape index (κ2) is 6.43. The van der Waals surface area contributed by atoms with Crippen molar-refractivity contribution >= 4 is 6.29 Å². The molecule has 0 bridgehead atoms. The molecular weight excluding hydrogens is 228 g/mol. The number of ether oxygens (including phenoxy) is 2. The van der Waals surface area contributed by atoms with Crippen molar-refractivity contribution in [3.8, 4) is 11.5 Å². The Kier molecular flexibility index (Phi) is 5.20. The Morgan fingerprint density at radius 1 is 0.944 bits per heavy atom. The smallest absolute Gasteiger partial charge is 0.125 e.